The molecule has 1 atom stereocenters. The first-order valence-electron chi connectivity index (χ1n) is 6.13. The second-order valence-electron chi connectivity index (χ2n) is 4.51. The van der Waals surface area contributed by atoms with E-state index in [1.54, 1.807) is 13.1 Å². The Hall–Kier alpha value is -1.26. The second kappa shape index (κ2) is 5.38. The van der Waals surface area contributed by atoms with Crippen molar-refractivity contribution in [2.75, 3.05) is 31.6 Å². The molecule has 0 amide bonds. The number of anilines is 1. The van der Waals surface area contributed by atoms with Crippen molar-refractivity contribution in [2.24, 2.45) is 0 Å². The van der Waals surface area contributed by atoms with E-state index in [2.05, 4.69) is 10.2 Å². The topological polar surface area (TPSA) is 55.7 Å². The normalized spacial score (nSPS) is 17.4. The smallest absolute Gasteiger partial charge is 0.121 e. The van der Waals surface area contributed by atoms with Gasteiger partial charge in [0.1, 0.15) is 5.75 Å². The fraction of sp³-hybridized carbons (Fsp3) is 0.538. The molecule has 0 spiro atoms. The van der Waals surface area contributed by atoms with Gasteiger partial charge in [-0.1, -0.05) is 0 Å². The van der Waals surface area contributed by atoms with Gasteiger partial charge in [0.2, 0.25) is 0 Å². The van der Waals surface area contributed by atoms with Gasteiger partial charge in [-0.15, -0.1) is 0 Å². The second-order valence-corrected chi connectivity index (χ2v) is 4.51. The van der Waals surface area contributed by atoms with Gasteiger partial charge in [0, 0.05) is 30.9 Å². The molecule has 0 aliphatic carbocycles. The van der Waals surface area contributed by atoms with Crippen molar-refractivity contribution in [1.29, 1.82) is 0 Å². The SMILES string of the molecule is CNCC(O)c1cc(N2CCCC2)ccc1O. The average molecular weight is 236 g/mol. The zero-order valence-electron chi connectivity index (χ0n) is 10.2. The molecule has 1 aromatic rings. The van der Waals surface area contributed by atoms with Gasteiger partial charge < -0.3 is 20.4 Å². The highest BCUT2D eigenvalue weighted by molar-refractivity contribution is 5.54. The maximum atomic E-state index is 9.93. The molecule has 4 heteroatoms. The monoisotopic (exact) mass is 236 g/mol. The number of rotatable bonds is 4. The van der Waals surface area contributed by atoms with E-state index in [1.165, 1.54) is 12.8 Å². The van der Waals surface area contributed by atoms with E-state index in [-0.39, 0.29) is 5.75 Å². The Labute approximate surface area is 102 Å². The van der Waals surface area contributed by atoms with Gasteiger partial charge in [-0.3, -0.25) is 0 Å². The first kappa shape index (κ1) is 12.2. The summed E-state index contributed by atoms with van der Waals surface area (Å²) >= 11 is 0. The summed E-state index contributed by atoms with van der Waals surface area (Å²) in [6.07, 6.45) is 1.77. The Morgan fingerprint density at radius 2 is 2.06 bits per heavy atom. The van der Waals surface area contributed by atoms with Gasteiger partial charge in [0.05, 0.1) is 6.10 Å². The number of phenols is 1. The number of benzene rings is 1. The number of nitrogens with zero attached hydrogens (tertiary/aromatic N) is 1. The molecule has 1 fully saturated rings. The molecule has 1 heterocycles. The van der Waals surface area contributed by atoms with E-state index >= 15 is 0 Å². The van der Waals surface area contributed by atoms with Crippen LogP contribution in [0.15, 0.2) is 18.2 Å². The van der Waals surface area contributed by atoms with Crippen LogP contribution in [0.1, 0.15) is 24.5 Å². The predicted molar refractivity (Wildman–Crippen MR) is 68.4 cm³/mol. The summed E-state index contributed by atoms with van der Waals surface area (Å²) in [6, 6.07) is 5.47. The van der Waals surface area contributed by atoms with Gasteiger partial charge >= 0.3 is 0 Å². The molecule has 1 aliphatic rings. The van der Waals surface area contributed by atoms with E-state index < -0.39 is 6.10 Å². The first-order chi connectivity index (χ1) is 8.22. The minimum atomic E-state index is -0.664. The quantitative estimate of drug-likeness (QED) is 0.736. The lowest BCUT2D eigenvalue weighted by atomic mass is 10.1. The maximum absolute atomic E-state index is 9.93. The van der Waals surface area contributed by atoms with Crippen molar-refractivity contribution >= 4 is 5.69 Å². The number of aliphatic hydroxyl groups is 1. The van der Waals surface area contributed by atoms with Crippen LogP contribution in [0.4, 0.5) is 5.69 Å². The van der Waals surface area contributed by atoms with Crippen LogP contribution in [0, 0.1) is 0 Å². The lowest BCUT2D eigenvalue weighted by Gasteiger charge is -2.20. The molecule has 3 N–H and O–H groups in total. The van der Waals surface area contributed by atoms with Gasteiger partial charge in [-0.2, -0.15) is 0 Å². The van der Waals surface area contributed by atoms with Crippen LogP contribution in [-0.4, -0.2) is 36.9 Å². The first-order valence-corrected chi connectivity index (χ1v) is 6.13. The minimum Gasteiger partial charge on any atom is -0.508 e. The summed E-state index contributed by atoms with van der Waals surface area (Å²) in [7, 11) is 1.78. The van der Waals surface area contributed by atoms with Crippen molar-refractivity contribution in [2.45, 2.75) is 18.9 Å². The predicted octanol–water partition coefficient (Wildman–Crippen LogP) is 1.25. The fourth-order valence-electron chi connectivity index (χ4n) is 2.28. The molecule has 17 heavy (non-hydrogen) atoms. The van der Waals surface area contributed by atoms with Gasteiger partial charge in [-0.25, -0.2) is 0 Å². The number of phenolic OH excluding ortho intramolecular Hbond substituents is 1. The van der Waals surface area contributed by atoms with Crippen LogP contribution in [0.3, 0.4) is 0 Å². The summed E-state index contributed by atoms with van der Waals surface area (Å²) in [5.74, 6) is 0.163. The maximum Gasteiger partial charge on any atom is 0.121 e. The highest BCUT2D eigenvalue weighted by Crippen LogP contribution is 2.30. The van der Waals surface area contributed by atoms with Crippen molar-refractivity contribution in [3.05, 3.63) is 23.8 Å². The van der Waals surface area contributed by atoms with E-state index in [4.69, 9.17) is 0 Å². The van der Waals surface area contributed by atoms with E-state index in [9.17, 15) is 10.2 Å². The van der Waals surface area contributed by atoms with Gasteiger partial charge in [-0.05, 0) is 38.1 Å². The summed E-state index contributed by atoms with van der Waals surface area (Å²) in [5.41, 5.74) is 1.69. The van der Waals surface area contributed by atoms with Gasteiger partial charge in [0.25, 0.3) is 0 Å². The molecule has 1 saturated heterocycles. The number of aromatic hydroxyl groups is 1. The Balaban J connectivity index is 2.22. The lowest BCUT2D eigenvalue weighted by molar-refractivity contribution is 0.174. The Morgan fingerprint density at radius 3 is 2.71 bits per heavy atom. The van der Waals surface area contributed by atoms with Crippen LogP contribution < -0.4 is 10.2 Å². The van der Waals surface area contributed by atoms with E-state index in [1.807, 2.05) is 12.1 Å². The summed E-state index contributed by atoms with van der Waals surface area (Å²) in [5, 5.41) is 22.6. The third-order valence-corrected chi connectivity index (χ3v) is 3.24. The molecule has 4 nitrogen and oxygen atoms in total. The summed E-state index contributed by atoms with van der Waals surface area (Å²) in [6.45, 7) is 2.57. The lowest BCUT2D eigenvalue weighted by Crippen LogP contribution is -2.19. The third kappa shape index (κ3) is 2.70. The molecular weight excluding hydrogens is 216 g/mol. The molecule has 0 radical (unpaired) electrons. The number of likely N-dealkylation sites (N-methyl/N-ethyl adjacent to an activating group) is 1. The number of aliphatic hydroxyl groups excluding tert-OH is 1. The summed E-state index contributed by atoms with van der Waals surface area (Å²) < 4.78 is 0. The highest BCUT2D eigenvalue weighted by atomic mass is 16.3. The molecule has 1 aromatic carbocycles. The largest absolute Gasteiger partial charge is 0.508 e. The highest BCUT2D eigenvalue weighted by Gasteiger charge is 2.16. The standard InChI is InChI=1S/C13H20N2O2/c1-14-9-13(17)11-8-10(4-5-12(11)16)15-6-2-3-7-15/h4-5,8,13-14,16-17H,2-3,6-7,9H2,1H3. The third-order valence-electron chi connectivity index (χ3n) is 3.24. The number of hydrogen-bond donors (Lipinski definition) is 3. The van der Waals surface area contributed by atoms with Crippen LogP contribution in [0.5, 0.6) is 5.75 Å². The molecule has 0 bridgehead atoms. The Bertz CT molecular complexity index is 376. The van der Waals surface area contributed by atoms with Crippen LogP contribution in [0.25, 0.3) is 0 Å². The Morgan fingerprint density at radius 1 is 1.35 bits per heavy atom. The molecule has 0 aromatic heterocycles. The van der Waals surface area contributed by atoms with E-state index in [0.717, 1.165) is 18.8 Å². The zero-order valence-corrected chi connectivity index (χ0v) is 10.2. The van der Waals surface area contributed by atoms with Crippen molar-refractivity contribution < 1.29 is 10.2 Å². The number of nitrogens with one attached hydrogen (secondary N) is 1. The average Bonchev–Trinajstić information content (AvgIpc) is 2.83. The van der Waals surface area contributed by atoms with Crippen LogP contribution in [-0.2, 0) is 0 Å². The van der Waals surface area contributed by atoms with Crippen molar-refractivity contribution in [1.82, 2.24) is 5.32 Å². The van der Waals surface area contributed by atoms with E-state index in [0.29, 0.717) is 12.1 Å². The van der Waals surface area contributed by atoms with Crippen molar-refractivity contribution in [3.63, 3.8) is 0 Å². The molecule has 0 saturated carbocycles. The Kier molecular flexibility index (Phi) is 3.86. The van der Waals surface area contributed by atoms with Crippen molar-refractivity contribution in [3.8, 4) is 5.75 Å². The minimum absolute atomic E-state index is 0.163. The zero-order chi connectivity index (χ0) is 12.3. The van der Waals surface area contributed by atoms with Gasteiger partial charge in [0.15, 0.2) is 0 Å². The molecular formula is C13H20N2O2. The molecule has 94 valence electrons. The van der Waals surface area contributed by atoms with Crippen LogP contribution >= 0.6 is 0 Å². The fourth-order valence-corrected chi connectivity index (χ4v) is 2.28. The summed E-state index contributed by atoms with van der Waals surface area (Å²) in [4.78, 5) is 2.29. The molecule has 1 unspecified atom stereocenters. The molecule has 2 rings (SSSR count). The van der Waals surface area contributed by atoms with Crippen LogP contribution in [0.2, 0.25) is 0 Å². The molecule has 1 aliphatic heterocycles. The number of hydrogen-bond acceptors (Lipinski definition) is 4.